The second-order valence-corrected chi connectivity index (χ2v) is 5.62. The number of aliphatic carboxylic acids is 1. The predicted octanol–water partition coefficient (Wildman–Crippen LogP) is 1.51. The molecule has 1 aliphatic rings. The third-order valence-corrected chi connectivity index (χ3v) is 3.64. The van der Waals surface area contributed by atoms with Crippen molar-refractivity contribution in [2.75, 3.05) is 19.0 Å². The number of β-amino-alcohol motifs (C(OH)–C–C–N with tert-alkyl or cyclic N) is 1. The second-order valence-electron chi connectivity index (χ2n) is 4.71. The molecule has 114 valence electrons. The van der Waals surface area contributed by atoms with Gasteiger partial charge in [-0.25, -0.2) is 9.59 Å². The quantitative estimate of drug-likeness (QED) is 0.760. The number of ether oxygens (including phenoxy) is 1. The summed E-state index contributed by atoms with van der Waals surface area (Å²) in [5.41, 5.74) is 0.469. The highest BCUT2D eigenvalue weighted by Gasteiger charge is 2.39. The Kier molecular flexibility index (Phi) is 4.69. The Bertz CT molecular complexity index is 565. The molecule has 3 N–H and O–H groups in total. The lowest BCUT2D eigenvalue weighted by Crippen LogP contribution is -2.43. The van der Waals surface area contributed by atoms with Gasteiger partial charge >= 0.3 is 12.0 Å². The first-order valence-corrected chi connectivity index (χ1v) is 7.03. The number of halogens is 1. The molecule has 7 nitrogen and oxygen atoms in total. The number of benzene rings is 1. The highest BCUT2D eigenvalue weighted by Crippen LogP contribution is 2.26. The monoisotopic (exact) mass is 358 g/mol. The van der Waals surface area contributed by atoms with Crippen LogP contribution in [0.3, 0.4) is 0 Å². The van der Waals surface area contributed by atoms with Crippen LogP contribution in [-0.2, 0) is 4.79 Å². The van der Waals surface area contributed by atoms with E-state index in [0.29, 0.717) is 15.9 Å². The molecule has 0 radical (unpaired) electrons. The summed E-state index contributed by atoms with van der Waals surface area (Å²) in [5, 5.41) is 21.2. The van der Waals surface area contributed by atoms with E-state index in [1.807, 2.05) is 0 Å². The third-order valence-electron chi connectivity index (χ3n) is 3.18. The van der Waals surface area contributed by atoms with E-state index in [9.17, 15) is 14.7 Å². The average Bonchev–Trinajstić information content (AvgIpc) is 2.80. The van der Waals surface area contributed by atoms with E-state index in [0.717, 1.165) is 4.90 Å². The molecule has 1 fully saturated rings. The maximum atomic E-state index is 12.2. The number of aliphatic hydroxyl groups is 1. The van der Waals surface area contributed by atoms with Crippen LogP contribution >= 0.6 is 15.9 Å². The molecule has 2 atom stereocenters. The molecule has 1 aromatic carbocycles. The fourth-order valence-corrected chi connectivity index (χ4v) is 2.69. The summed E-state index contributed by atoms with van der Waals surface area (Å²) in [6, 6.07) is 3.43. The van der Waals surface area contributed by atoms with E-state index in [1.165, 1.54) is 7.11 Å². The van der Waals surface area contributed by atoms with Crippen molar-refractivity contribution in [3.63, 3.8) is 0 Å². The molecule has 2 rings (SSSR count). The van der Waals surface area contributed by atoms with Crippen molar-refractivity contribution in [3.05, 3.63) is 22.7 Å². The number of likely N-dealkylation sites (tertiary alicyclic amines) is 1. The van der Waals surface area contributed by atoms with Crippen LogP contribution in [0, 0.1) is 0 Å². The lowest BCUT2D eigenvalue weighted by atomic mass is 10.2. The highest BCUT2D eigenvalue weighted by molar-refractivity contribution is 9.10. The van der Waals surface area contributed by atoms with Gasteiger partial charge in [-0.05, 0) is 12.1 Å². The summed E-state index contributed by atoms with van der Waals surface area (Å²) < 4.78 is 5.81. The first kappa shape index (κ1) is 15.6. The van der Waals surface area contributed by atoms with E-state index < -0.39 is 24.1 Å². The minimum atomic E-state index is -1.13. The molecule has 0 saturated carbocycles. The number of urea groups is 1. The highest BCUT2D eigenvalue weighted by atomic mass is 79.9. The van der Waals surface area contributed by atoms with Crippen molar-refractivity contribution in [2.45, 2.75) is 18.6 Å². The number of methoxy groups -OCH3 is 1. The SMILES string of the molecule is COc1cc(Br)cc(NC(=O)N2C[C@@H](O)C[C@H]2C(=O)O)c1. The number of amides is 2. The molecule has 1 aliphatic heterocycles. The molecule has 8 heteroatoms. The van der Waals surface area contributed by atoms with Gasteiger partial charge in [0.1, 0.15) is 11.8 Å². The Labute approximate surface area is 129 Å². The van der Waals surface area contributed by atoms with Gasteiger partial charge in [0.15, 0.2) is 0 Å². The number of carboxylic acid groups (broad SMARTS) is 1. The van der Waals surface area contributed by atoms with Gasteiger partial charge in [0, 0.05) is 29.2 Å². The molecule has 2 amide bonds. The Morgan fingerprint density at radius 2 is 2.14 bits per heavy atom. The standard InChI is InChI=1S/C13H15BrN2O5/c1-21-10-3-7(14)2-8(4-10)15-13(20)16-6-9(17)5-11(16)12(18)19/h2-4,9,11,17H,5-6H2,1H3,(H,15,20)(H,18,19)/t9-,11-/m0/s1. The topological polar surface area (TPSA) is 99.1 Å². The number of carboxylic acids is 1. The molecule has 0 aliphatic carbocycles. The Morgan fingerprint density at radius 3 is 2.76 bits per heavy atom. The van der Waals surface area contributed by atoms with E-state index >= 15 is 0 Å². The lowest BCUT2D eigenvalue weighted by molar-refractivity contribution is -0.141. The normalized spacial score (nSPS) is 21.2. The summed E-state index contributed by atoms with van der Waals surface area (Å²) in [5.74, 6) is -0.579. The maximum absolute atomic E-state index is 12.2. The van der Waals surface area contributed by atoms with E-state index in [-0.39, 0.29) is 13.0 Å². The second kappa shape index (κ2) is 6.31. The average molecular weight is 359 g/mol. The van der Waals surface area contributed by atoms with Gasteiger partial charge in [0.2, 0.25) is 0 Å². The van der Waals surface area contributed by atoms with Crippen LogP contribution in [0.4, 0.5) is 10.5 Å². The van der Waals surface area contributed by atoms with Crippen LogP contribution < -0.4 is 10.1 Å². The summed E-state index contributed by atoms with van der Waals surface area (Å²) in [6.45, 7) is -0.00601. The molecule has 1 saturated heterocycles. The van der Waals surface area contributed by atoms with Crippen molar-refractivity contribution in [2.24, 2.45) is 0 Å². The largest absolute Gasteiger partial charge is 0.497 e. The van der Waals surface area contributed by atoms with Crippen molar-refractivity contribution in [3.8, 4) is 5.75 Å². The van der Waals surface area contributed by atoms with Crippen LogP contribution in [0.15, 0.2) is 22.7 Å². The number of aliphatic hydroxyl groups excluding tert-OH is 1. The first-order valence-electron chi connectivity index (χ1n) is 6.23. The molecule has 1 heterocycles. The fourth-order valence-electron chi connectivity index (χ4n) is 2.22. The van der Waals surface area contributed by atoms with Crippen molar-refractivity contribution in [1.82, 2.24) is 4.90 Å². The van der Waals surface area contributed by atoms with Gasteiger partial charge in [0.05, 0.1) is 13.2 Å². The molecule has 0 unspecified atom stereocenters. The van der Waals surface area contributed by atoms with Gasteiger partial charge in [-0.15, -0.1) is 0 Å². The molecule has 21 heavy (non-hydrogen) atoms. The van der Waals surface area contributed by atoms with E-state index in [2.05, 4.69) is 21.2 Å². The Hall–Kier alpha value is -1.80. The summed E-state index contributed by atoms with van der Waals surface area (Å²) in [7, 11) is 1.50. The van der Waals surface area contributed by atoms with Crippen LogP contribution in [0.2, 0.25) is 0 Å². The number of carbonyl (C=O) groups is 2. The van der Waals surface area contributed by atoms with Crippen molar-refractivity contribution in [1.29, 1.82) is 0 Å². The summed E-state index contributed by atoms with van der Waals surface area (Å²) >= 11 is 3.29. The van der Waals surface area contributed by atoms with Gasteiger partial charge in [-0.1, -0.05) is 15.9 Å². The zero-order valence-corrected chi connectivity index (χ0v) is 12.8. The Balaban J connectivity index is 2.14. The number of nitrogens with one attached hydrogen (secondary N) is 1. The van der Waals surface area contributed by atoms with Crippen LogP contribution in [0.1, 0.15) is 6.42 Å². The number of hydrogen-bond acceptors (Lipinski definition) is 4. The van der Waals surface area contributed by atoms with Crippen molar-refractivity contribution >= 4 is 33.6 Å². The van der Waals surface area contributed by atoms with E-state index in [1.54, 1.807) is 18.2 Å². The van der Waals surface area contributed by atoms with Crippen molar-refractivity contribution < 1.29 is 24.5 Å². The molecular formula is C13H15BrN2O5. The predicted molar refractivity (Wildman–Crippen MR) is 78.5 cm³/mol. The number of anilines is 1. The minimum Gasteiger partial charge on any atom is -0.497 e. The van der Waals surface area contributed by atoms with Gasteiger partial charge in [0.25, 0.3) is 0 Å². The number of hydrogen-bond donors (Lipinski definition) is 3. The van der Waals surface area contributed by atoms with E-state index in [4.69, 9.17) is 9.84 Å². The summed E-state index contributed by atoms with van der Waals surface area (Å²) in [4.78, 5) is 24.4. The zero-order chi connectivity index (χ0) is 15.6. The third kappa shape index (κ3) is 3.64. The van der Waals surface area contributed by atoms with Crippen LogP contribution in [0.25, 0.3) is 0 Å². The molecule has 1 aromatic rings. The molecule has 0 aromatic heterocycles. The smallest absolute Gasteiger partial charge is 0.326 e. The molecular weight excluding hydrogens is 344 g/mol. The Morgan fingerprint density at radius 1 is 1.43 bits per heavy atom. The number of carbonyl (C=O) groups excluding carboxylic acids is 1. The lowest BCUT2D eigenvalue weighted by Gasteiger charge is -2.21. The zero-order valence-electron chi connectivity index (χ0n) is 11.2. The van der Waals surface area contributed by atoms with Gasteiger partial charge in [-0.2, -0.15) is 0 Å². The number of rotatable bonds is 3. The number of nitrogens with zero attached hydrogens (tertiary/aromatic N) is 1. The van der Waals surface area contributed by atoms with Gasteiger partial charge in [-0.3, -0.25) is 0 Å². The summed E-state index contributed by atoms with van der Waals surface area (Å²) in [6.07, 6.45) is -0.793. The minimum absolute atomic E-state index is 0.00601. The first-order chi connectivity index (χ1) is 9.90. The van der Waals surface area contributed by atoms with Crippen LogP contribution in [-0.4, -0.2) is 52.9 Å². The fraction of sp³-hybridized carbons (Fsp3) is 0.385. The van der Waals surface area contributed by atoms with Gasteiger partial charge < -0.3 is 25.2 Å². The maximum Gasteiger partial charge on any atom is 0.326 e. The molecule has 0 spiro atoms. The van der Waals surface area contributed by atoms with Crippen LogP contribution in [0.5, 0.6) is 5.75 Å². The molecule has 0 bridgehead atoms.